The molecule has 88 valence electrons. The molecule has 0 bridgehead atoms. The van der Waals surface area contributed by atoms with Gasteiger partial charge in [-0.25, -0.2) is 0 Å². The Balaban J connectivity index is 2.22. The van der Waals surface area contributed by atoms with E-state index in [2.05, 4.69) is 43.3 Å². The standard InChI is InChI=1S/C9H8IN5O2/c1-15-13-9(12-14-15)11-8(17)6-4-5(10)2-3-7(6)16/h2-4,16H,1H3,(H,11,13,17). The molecule has 2 rings (SSSR count). The van der Waals surface area contributed by atoms with Gasteiger partial charge in [0.1, 0.15) is 5.75 Å². The lowest BCUT2D eigenvalue weighted by Crippen LogP contribution is -2.13. The summed E-state index contributed by atoms with van der Waals surface area (Å²) in [6.07, 6.45) is 0. The average molecular weight is 345 g/mol. The zero-order valence-electron chi connectivity index (χ0n) is 8.75. The van der Waals surface area contributed by atoms with E-state index in [4.69, 9.17) is 0 Å². The van der Waals surface area contributed by atoms with E-state index in [9.17, 15) is 9.90 Å². The van der Waals surface area contributed by atoms with E-state index < -0.39 is 5.91 Å². The van der Waals surface area contributed by atoms with Crippen molar-refractivity contribution in [3.05, 3.63) is 27.3 Å². The molecular formula is C9H8IN5O2. The van der Waals surface area contributed by atoms with Crippen molar-refractivity contribution in [2.24, 2.45) is 7.05 Å². The van der Waals surface area contributed by atoms with Gasteiger partial charge in [-0.1, -0.05) is 5.10 Å². The fourth-order valence-electron chi connectivity index (χ4n) is 1.19. The third-order valence-electron chi connectivity index (χ3n) is 1.94. The maximum atomic E-state index is 11.8. The smallest absolute Gasteiger partial charge is 0.270 e. The molecule has 0 unspecified atom stereocenters. The molecule has 1 heterocycles. The molecule has 1 aromatic heterocycles. The van der Waals surface area contributed by atoms with Crippen molar-refractivity contribution in [2.75, 3.05) is 5.32 Å². The summed E-state index contributed by atoms with van der Waals surface area (Å²) in [6.45, 7) is 0. The Morgan fingerprint density at radius 2 is 2.29 bits per heavy atom. The Morgan fingerprint density at radius 3 is 2.94 bits per heavy atom. The summed E-state index contributed by atoms with van der Waals surface area (Å²) in [5.41, 5.74) is 0.171. The van der Waals surface area contributed by atoms with Crippen LogP contribution in [0.3, 0.4) is 0 Å². The van der Waals surface area contributed by atoms with Crippen LogP contribution < -0.4 is 5.32 Å². The number of anilines is 1. The molecular weight excluding hydrogens is 337 g/mol. The number of aryl methyl sites for hydroxylation is 1. The summed E-state index contributed by atoms with van der Waals surface area (Å²) in [5, 5.41) is 23.0. The number of phenols is 1. The van der Waals surface area contributed by atoms with Crippen molar-refractivity contribution in [1.29, 1.82) is 0 Å². The highest BCUT2D eigenvalue weighted by Gasteiger charge is 2.13. The number of aromatic nitrogens is 4. The summed E-state index contributed by atoms with van der Waals surface area (Å²) < 4.78 is 0.845. The Kier molecular flexibility index (Phi) is 3.22. The number of benzene rings is 1. The van der Waals surface area contributed by atoms with Crippen LogP contribution in [0.15, 0.2) is 18.2 Å². The van der Waals surface area contributed by atoms with Crippen LogP contribution in [0.5, 0.6) is 5.75 Å². The number of carbonyl (C=O) groups is 1. The van der Waals surface area contributed by atoms with Crippen LogP contribution in [0.25, 0.3) is 0 Å². The number of aromatic hydroxyl groups is 1. The molecule has 0 aliphatic rings. The first kappa shape index (κ1) is 11.8. The van der Waals surface area contributed by atoms with Crippen LogP contribution in [0, 0.1) is 3.57 Å². The normalized spacial score (nSPS) is 10.2. The lowest BCUT2D eigenvalue weighted by molar-refractivity contribution is 0.102. The Morgan fingerprint density at radius 1 is 1.53 bits per heavy atom. The monoisotopic (exact) mass is 345 g/mol. The summed E-state index contributed by atoms with van der Waals surface area (Å²) in [5.74, 6) is -0.475. The number of nitrogens with zero attached hydrogens (tertiary/aromatic N) is 4. The number of phenolic OH excluding ortho intramolecular Hbond substituents is 1. The van der Waals surface area contributed by atoms with Gasteiger partial charge in [0.05, 0.1) is 12.6 Å². The van der Waals surface area contributed by atoms with Gasteiger partial charge >= 0.3 is 0 Å². The second-order valence-electron chi connectivity index (χ2n) is 3.22. The molecule has 0 aliphatic carbocycles. The van der Waals surface area contributed by atoms with E-state index in [1.807, 2.05) is 0 Å². The van der Waals surface area contributed by atoms with Gasteiger partial charge < -0.3 is 5.11 Å². The number of carbonyl (C=O) groups excluding carboxylic acids is 1. The van der Waals surface area contributed by atoms with Gasteiger partial charge in [0.2, 0.25) is 0 Å². The largest absolute Gasteiger partial charge is 0.507 e. The van der Waals surface area contributed by atoms with Crippen molar-refractivity contribution in [1.82, 2.24) is 20.2 Å². The number of tetrazole rings is 1. The number of amides is 1. The molecule has 0 radical (unpaired) electrons. The third kappa shape index (κ3) is 2.70. The van der Waals surface area contributed by atoms with Gasteiger partial charge in [0.25, 0.3) is 11.9 Å². The highest BCUT2D eigenvalue weighted by Crippen LogP contribution is 2.20. The van der Waals surface area contributed by atoms with Crippen molar-refractivity contribution in [3.8, 4) is 5.75 Å². The average Bonchev–Trinajstić information content (AvgIpc) is 2.67. The minimum Gasteiger partial charge on any atom is -0.507 e. The summed E-state index contributed by atoms with van der Waals surface area (Å²) >= 11 is 2.05. The van der Waals surface area contributed by atoms with E-state index in [0.717, 1.165) is 3.57 Å². The lowest BCUT2D eigenvalue weighted by Gasteiger charge is -2.03. The highest BCUT2D eigenvalue weighted by molar-refractivity contribution is 14.1. The van der Waals surface area contributed by atoms with E-state index in [0.29, 0.717) is 0 Å². The number of nitrogens with one attached hydrogen (secondary N) is 1. The number of halogens is 1. The molecule has 8 heteroatoms. The molecule has 2 aromatic rings. The van der Waals surface area contributed by atoms with Gasteiger partial charge in [0, 0.05) is 3.57 Å². The fourth-order valence-corrected chi connectivity index (χ4v) is 1.68. The number of hydrogen-bond donors (Lipinski definition) is 2. The molecule has 2 N–H and O–H groups in total. The van der Waals surface area contributed by atoms with Gasteiger partial charge in [-0.05, 0) is 46.0 Å². The van der Waals surface area contributed by atoms with Crippen molar-refractivity contribution >= 4 is 34.4 Å². The van der Waals surface area contributed by atoms with Crippen molar-refractivity contribution in [3.63, 3.8) is 0 Å². The predicted molar refractivity (Wildman–Crippen MR) is 67.6 cm³/mol. The van der Waals surface area contributed by atoms with Crippen LogP contribution in [-0.2, 0) is 7.05 Å². The van der Waals surface area contributed by atoms with Gasteiger partial charge in [-0.2, -0.15) is 4.80 Å². The summed E-state index contributed by atoms with van der Waals surface area (Å²) in [4.78, 5) is 13.0. The first-order valence-electron chi connectivity index (χ1n) is 4.60. The Bertz CT molecular complexity index is 568. The highest BCUT2D eigenvalue weighted by atomic mass is 127. The molecule has 1 amide bonds. The van der Waals surface area contributed by atoms with Crippen LogP contribution >= 0.6 is 22.6 Å². The number of rotatable bonds is 2. The van der Waals surface area contributed by atoms with E-state index in [1.165, 1.54) is 10.9 Å². The van der Waals surface area contributed by atoms with E-state index in [-0.39, 0.29) is 17.3 Å². The van der Waals surface area contributed by atoms with Crippen LogP contribution in [0.2, 0.25) is 0 Å². The molecule has 0 saturated heterocycles. The maximum Gasteiger partial charge on any atom is 0.270 e. The van der Waals surface area contributed by atoms with Crippen LogP contribution in [0.4, 0.5) is 5.95 Å². The summed E-state index contributed by atoms with van der Waals surface area (Å²) in [7, 11) is 1.59. The SMILES string of the molecule is Cn1nnc(NC(=O)c2cc(I)ccc2O)n1. The van der Waals surface area contributed by atoms with Gasteiger partial charge in [0.15, 0.2) is 0 Å². The van der Waals surface area contributed by atoms with Crippen LogP contribution in [-0.4, -0.2) is 31.2 Å². The Hall–Kier alpha value is -1.71. The topological polar surface area (TPSA) is 92.9 Å². The number of hydrogen-bond acceptors (Lipinski definition) is 5. The van der Waals surface area contributed by atoms with Gasteiger partial charge in [-0.3, -0.25) is 10.1 Å². The maximum absolute atomic E-state index is 11.8. The van der Waals surface area contributed by atoms with Gasteiger partial charge in [-0.15, -0.1) is 5.10 Å². The molecule has 7 nitrogen and oxygen atoms in total. The molecule has 17 heavy (non-hydrogen) atoms. The minimum atomic E-state index is -0.478. The second kappa shape index (κ2) is 4.65. The zero-order valence-corrected chi connectivity index (χ0v) is 10.9. The minimum absolute atomic E-state index is 0.0909. The molecule has 0 atom stereocenters. The molecule has 0 spiro atoms. The molecule has 0 aliphatic heterocycles. The van der Waals surface area contributed by atoms with E-state index in [1.54, 1.807) is 19.2 Å². The zero-order chi connectivity index (χ0) is 12.4. The first-order valence-corrected chi connectivity index (χ1v) is 5.68. The van der Waals surface area contributed by atoms with Crippen molar-refractivity contribution in [2.45, 2.75) is 0 Å². The quantitative estimate of drug-likeness (QED) is 0.785. The second-order valence-corrected chi connectivity index (χ2v) is 4.46. The Labute approximate surface area is 110 Å². The van der Waals surface area contributed by atoms with Crippen LogP contribution in [0.1, 0.15) is 10.4 Å². The predicted octanol–water partition coefficient (Wildman–Crippen LogP) is 0.773. The summed E-state index contributed by atoms with van der Waals surface area (Å²) in [6, 6.07) is 4.73. The first-order chi connectivity index (χ1) is 8.06. The van der Waals surface area contributed by atoms with Crippen molar-refractivity contribution < 1.29 is 9.90 Å². The molecule has 0 fully saturated rings. The third-order valence-corrected chi connectivity index (χ3v) is 2.61. The van der Waals surface area contributed by atoms with E-state index >= 15 is 0 Å². The lowest BCUT2D eigenvalue weighted by atomic mass is 10.2. The fraction of sp³-hybridized carbons (Fsp3) is 0.111. The molecule has 1 aromatic carbocycles. The molecule has 0 saturated carbocycles.